The number of nitrogens with zero attached hydrogens (tertiary/aromatic N) is 3. The van der Waals surface area contributed by atoms with Crippen molar-refractivity contribution in [1.82, 2.24) is 9.36 Å². The minimum atomic E-state index is -0.798. The van der Waals surface area contributed by atoms with Gasteiger partial charge in [-0.3, -0.25) is 4.79 Å². The number of aliphatic carboxylic acids is 1. The van der Waals surface area contributed by atoms with E-state index < -0.39 is 11.9 Å². The molecule has 0 aromatic carbocycles. The Balaban J connectivity index is 1.80. The Hall–Kier alpha value is -1.21. The molecule has 1 aliphatic heterocycles. The lowest BCUT2D eigenvalue weighted by Gasteiger charge is -2.28. The van der Waals surface area contributed by atoms with E-state index in [0.717, 1.165) is 17.5 Å². The van der Waals surface area contributed by atoms with E-state index in [-0.39, 0.29) is 12.6 Å². The third-order valence-electron chi connectivity index (χ3n) is 3.73. The van der Waals surface area contributed by atoms with Gasteiger partial charge < -0.3 is 14.7 Å². The minimum absolute atomic E-state index is 0.137. The molecule has 2 fully saturated rings. The summed E-state index contributed by atoms with van der Waals surface area (Å²) in [5.74, 6) is 0.171. The lowest BCUT2D eigenvalue weighted by molar-refractivity contribution is -0.141. The molecule has 2 aliphatic rings. The molecule has 7 heteroatoms. The van der Waals surface area contributed by atoms with E-state index in [1.807, 2.05) is 11.8 Å². The maximum Gasteiger partial charge on any atom is 0.311 e. The maximum absolute atomic E-state index is 11.2. The van der Waals surface area contributed by atoms with Crippen molar-refractivity contribution in [2.24, 2.45) is 5.92 Å². The van der Waals surface area contributed by atoms with Crippen LogP contribution in [0.1, 0.15) is 31.5 Å². The molecule has 104 valence electrons. The van der Waals surface area contributed by atoms with E-state index in [9.17, 15) is 9.90 Å². The van der Waals surface area contributed by atoms with Gasteiger partial charge in [-0.2, -0.15) is 4.37 Å². The van der Waals surface area contributed by atoms with Crippen molar-refractivity contribution in [2.75, 3.05) is 24.7 Å². The number of rotatable bonds is 5. The van der Waals surface area contributed by atoms with Crippen molar-refractivity contribution in [3.8, 4) is 0 Å². The molecule has 1 aromatic rings. The summed E-state index contributed by atoms with van der Waals surface area (Å²) in [7, 11) is 0. The van der Waals surface area contributed by atoms with Crippen LogP contribution in [0.25, 0.3) is 0 Å². The number of ether oxygens (including phenoxy) is 1. The fourth-order valence-electron chi connectivity index (χ4n) is 2.45. The molecule has 2 heterocycles. The fraction of sp³-hybridized carbons (Fsp3) is 0.750. The second-order valence-electron chi connectivity index (χ2n) is 5.04. The topological polar surface area (TPSA) is 75.5 Å². The Kier molecular flexibility index (Phi) is 3.40. The highest BCUT2D eigenvalue weighted by molar-refractivity contribution is 7.09. The zero-order valence-electron chi connectivity index (χ0n) is 10.8. The molecular formula is C12H17N3O3S. The van der Waals surface area contributed by atoms with Crippen LogP contribution in [0.4, 0.5) is 5.13 Å². The van der Waals surface area contributed by atoms with E-state index in [1.165, 1.54) is 24.4 Å². The van der Waals surface area contributed by atoms with Crippen LogP contribution in [0.3, 0.4) is 0 Å². The molecule has 0 spiro atoms. The Morgan fingerprint density at radius 1 is 1.53 bits per heavy atom. The summed E-state index contributed by atoms with van der Waals surface area (Å²) >= 11 is 1.37. The van der Waals surface area contributed by atoms with E-state index >= 15 is 0 Å². The third kappa shape index (κ3) is 2.44. The monoisotopic (exact) mass is 283 g/mol. The normalized spacial score (nSPS) is 26.6. The third-order valence-corrected chi connectivity index (χ3v) is 4.50. The highest BCUT2D eigenvalue weighted by Crippen LogP contribution is 2.40. The van der Waals surface area contributed by atoms with Gasteiger partial charge in [-0.05, 0) is 19.8 Å². The summed E-state index contributed by atoms with van der Waals surface area (Å²) in [6, 6.07) is -0.137. The summed E-state index contributed by atoms with van der Waals surface area (Å²) < 4.78 is 9.72. The van der Waals surface area contributed by atoms with Crippen LogP contribution in [0.2, 0.25) is 0 Å². The molecule has 6 nitrogen and oxygen atoms in total. The molecule has 1 N–H and O–H groups in total. The van der Waals surface area contributed by atoms with Crippen LogP contribution in [0.15, 0.2) is 0 Å². The SMILES string of the molecule is CCN(c1nc(C2CC2)ns1)C1COCC1C(=O)O. The van der Waals surface area contributed by atoms with Gasteiger partial charge in [0.05, 0.1) is 19.3 Å². The molecular weight excluding hydrogens is 266 g/mol. The second kappa shape index (κ2) is 5.05. The first-order chi connectivity index (χ1) is 9.20. The number of carboxylic acid groups (broad SMARTS) is 1. The van der Waals surface area contributed by atoms with Crippen LogP contribution in [0.5, 0.6) is 0 Å². The first kappa shape index (κ1) is 12.8. The molecule has 2 unspecified atom stereocenters. The minimum Gasteiger partial charge on any atom is -0.481 e. The molecule has 1 saturated carbocycles. The van der Waals surface area contributed by atoms with Crippen molar-refractivity contribution in [1.29, 1.82) is 0 Å². The Morgan fingerprint density at radius 3 is 2.95 bits per heavy atom. The lowest BCUT2D eigenvalue weighted by Crippen LogP contribution is -2.43. The maximum atomic E-state index is 11.2. The first-order valence-corrected chi connectivity index (χ1v) is 7.38. The van der Waals surface area contributed by atoms with Gasteiger partial charge >= 0.3 is 5.97 Å². The van der Waals surface area contributed by atoms with Crippen LogP contribution >= 0.6 is 11.5 Å². The number of aromatic nitrogens is 2. The number of hydrogen-bond donors (Lipinski definition) is 1. The summed E-state index contributed by atoms with van der Waals surface area (Å²) in [6.07, 6.45) is 2.35. The quantitative estimate of drug-likeness (QED) is 0.879. The Morgan fingerprint density at radius 2 is 2.32 bits per heavy atom. The number of carboxylic acids is 1. The zero-order chi connectivity index (χ0) is 13.4. The fourth-order valence-corrected chi connectivity index (χ4v) is 3.32. The van der Waals surface area contributed by atoms with Gasteiger partial charge in [-0.15, -0.1) is 0 Å². The van der Waals surface area contributed by atoms with Crippen molar-refractivity contribution in [2.45, 2.75) is 31.7 Å². The largest absolute Gasteiger partial charge is 0.481 e. The molecule has 0 amide bonds. The van der Waals surface area contributed by atoms with E-state index in [2.05, 4.69) is 9.36 Å². The number of anilines is 1. The Labute approximate surface area is 115 Å². The molecule has 3 rings (SSSR count). The number of carbonyl (C=O) groups is 1. The number of hydrogen-bond acceptors (Lipinski definition) is 6. The average molecular weight is 283 g/mol. The first-order valence-electron chi connectivity index (χ1n) is 6.61. The van der Waals surface area contributed by atoms with E-state index in [1.54, 1.807) is 0 Å². The van der Waals surface area contributed by atoms with Gasteiger partial charge in [-0.25, -0.2) is 4.98 Å². The zero-order valence-corrected chi connectivity index (χ0v) is 11.6. The van der Waals surface area contributed by atoms with Gasteiger partial charge in [0.25, 0.3) is 0 Å². The molecule has 2 atom stereocenters. The summed E-state index contributed by atoms with van der Waals surface area (Å²) in [4.78, 5) is 17.8. The summed E-state index contributed by atoms with van der Waals surface area (Å²) in [6.45, 7) is 3.46. The predicted molar refractivity (Wildman–Crippen MR) is 70.6 cm³/mol. The Bertz CT molecular complexity index is 475. The predicted octanol–water partition coefficient (Wildman–Crippen LogP) is 1.34. The van der Waals surface area contributed by atoms with Crippen molar-refractivity contribution < 1.29 is 14.6 Å². The van der Waals surface area contributed by atoms with Gasteiger partial charge in [0, 0.05) is 24.0 Å². The molecule has 19 heavy (non-hydrogen) atoms. The van der Waals surface area contributed by atoms with Gasteiger partial charge in [0.2, 0.25) is 5.13 Å². The highest BCUT2D eigenvalue weighted by Gasteiger charge is 2.39. The van der Waals surface area contributed by atoms with E-state index in [0.29, 0.717) is 12.5 Å². The van der Waals surface area contributed by atoms with Crippen LogP contribution in [0, 0.1) is 5.92 Å². The average Bonchev–Trinajstić information content (AvgIpc) is 2.93. The van der Waals surface area contributed by atoms with Crippen LogP contribution < -0.4 is 4.90 Å². The van der Waals surface area contributed by atoms with Gasteiger partial charge in [0.1, 0.15) is 11.7 Å². The molecule has 0 radical (unpaired) electrons. The van der Waals surface area contributed by atoms with Crippen LogP contribution in [-0.4, -0.2) is 46.2 Å². The summed E-state index contributed by atoms with van der Waals surface area (Å²) in [5.41, 5.74) is 0. The van der Waals surface area contributed by atoms with Crippen molar-refractivity contribution in [3.63, 3.8) is 0 Å². The van der Waals surface area contributed by atoms with Crippen molar-refractivity contribution >= 4 is 22.6 Å². The second-order valence-corrected chi connectivity index (χ2v) is 5.78. The summed E-state index contributed by atoms with van der Waals surface area (Å²) in [5, 5.41) is 10.1. The highest BCUT2D eigenvalue weighted by atomic mass is 32.1. The van der Waals surface area contributed by atoms with E-state index in [4.69, 9.17) is 4.74 Å². The molecule has 1 aliphatic carbocycles. The standard InChI is InChI=1S/C12H17N3O3S/c1-2-15(9-6-18-5-8(9)11(16)17)12-13-10(14-19-12)7-3-4-7/h7-9H,2-6H2,1H3,(H,16,17). The van der Waals surface area contributed by atoms with Crippen LogP contribution in [-0.2, 0) is 9.53 Å². The lowest BCUT2D eigenvalue weighted by atomic mass is 10.0. The molecule has 0 bridgehead atoms. The number of likely N-dealkylation sites (N-methyl/N-ethyl adjacent to an activating group) is 1. The van der Waals surface area contributed by atoms with Crippen molar-refractivity contribution in [3.05, 3.63) is 5.82 Å². The van der Waals surface area contributed by atoms with Gasteiger partial charge in [-0.1, -0.05) is 0 Å². The van der Waals surface area contributed by atoms with Gasteiger partial charge in [0.15, 0.2) is 0 Å². The molecule has 1 saturated heterocycles. The smallest absolute Gasteiger partial charge is 0.311 e. The molecule has 1 aromatic heterocycles.